The molecule has 2 N–H and O–H groups in total. The molecular formula is C27H27ClN2O6. The van der Waals surface area contributed by atoms with Crippen molar-refractivity contribution >= 4 is 35.3 Å². The molecule has 0 saturated heterocycles. The van der Waals surface area contributed by atoms with Crippen LogP contribution < -0.4 is 20.1 Å². The number of amides is 2. The second-order valence-corrected chi connectivity index (χ2v) is 8.27. The van der Waals surface area contributed by atoms with E-state index in [1.54, 1.807) is 55.5 Å². The lowest BCUT2D eigenvalue weighted by Crippen LogP contribution is -2.23. The number of benzene rings is 3. The van der Waals surface area contributed by atoms with E-state index < -0.39 is 6.16 Å². The zero-order chi connectivity index (χ0) is 26.1. The number of hydrogen-bond donors (Lipinski definition) is 2. The summed E-state index contributed by atoms with van der Waals surface area (Å²) in [5.41, 5.74) is 3.65. The van der Waals surface area contributed by atoms with Crippen molar-refractivity contribution in [3.05, 3.63) is 87.9 Å². The Bertz CT molecular complexity index is 1200. The van der Waals surface area contributed by atoms with Gasteiger partial charge in [0.1, 0.15) is 11.5 Å². The lowest BCUT2D eigenvalue weighted by Gasteiger charge is -2.11. The first-order valence-electron chi connectivity index (χ1n) is 11.3. The highest BCUT2D eigenvalue weighted by atomic mass is 35.5. The molecule has 0 fully saturated rings. The van der Waals surface area contributed by atoms with Crippen LogP contribution in [0.1, 0.15) is 34.0 Å². The third-order valence-electron chi connectivity index (χ3n) is 5.05. The molecule has 0 unspecified atom stereocenters. The summed E-state index contributed by atoms with van der Waals surface area (Å²) in [7, 11) is 0. The van der Waals surface area contributed by atoms with Crippen molar-refractivity contribution < 1.29 is 28.6 Å². The summed E-state index contributed by atoms with van der Waals surface area (Å²) in [6.45, 7) is 5.81. The van der Waals surface area contributed by atoms with E-state index in [4.69, 9.17) is 25.8 Å². The van der Waals surface area contributed by atoms with Crippen LogP contribution in [-0.2, 0) is 16.1 Å². The van der Waals surface area contributed by atoms with Gasteiger partial charge in [0.2, 0.25) is 0 Å². The summed E-state index contributed by atoms with van der Waals surface area (Å²) in [5, 5.41) is 6.28. The van der Waals surface area contributed by atoms with Crippen molar-refractivity contribution in [1.82, 2.24) is 5.32 Å². The molecule has 0 bridgehead atoms. The average molecular weight is 511 g/mol. The molecule has 188 valence electrons. The number of carbonyl (C=O) groups is 3. The van der Waals surface area contributed by atoms with E-state index in [1.165, 1.54) is 12.1 Å². The van der Waals surface area contributed by atoms with Crippen LogP contribution in [0.3, 0.4) is 0 Å². The monoisotopic (exact) mass is 510 g/mol. The van der Waals surface area contributed by atoms with Gasteiger partial charge < -0.3 is 24.8 Å². The molecular weight excluding hydrogens is 484 g/mol. The van der Waals surface area contributed by atoms with Gasteiger partial charge in [-0.3, -0.25) is 9.59 Å². The van der Waals surface area contributed by atoms with Gasteiger partial charge in [0.15, 0.2) is 6.61 Å². The van der Waals surface area contributed by atoms with Crippen molar-refractivity contribution in [3.8, 4) is 11.5 Å². The molecule has 0 radical (unpaired) electrons. The fourth-order valence-corrected chi connectivity index (χ4v) is 3.35. The van der Waals surface area contributed by atoms with E-state index in [9.17, 15) is 14.4 Å². The minimum absolute atomic E-state index is 0.137. The minimum Gasteiger partial charge on any atom is -0.484 e. The first-order valence-corrected chi connectivity index (χ1v) is 11.6. The third-order valence-corrected chi connectivity index (χ3v) is 5.65. The fourth-order valence-electron chi connectivity index (χ4n) is 3.24. The van der Waals surface area contributed by atoms with E-state index in [-0.39, 0.29) is 30.8 Å². The predicted molar refractivity (Wildman–Crippen MR) is 137 cm³/mol. The highest BCUT2D eigenvalue weighted by molar-refractivity contribution is 6.32. The highest BCUT2D eigenvalue weighted by Crippen LogP contribution is 2.25. The second-order valence-electron chi connectivity index (χ2n) is 7.90. The quantitative estimate of drug-likeness (QED) is 0.293. The Balaban J connectivity index is 1.45. The molecule has 0 saturated carbocycles. The number of carbonyl (C=O) groups excluding carboxylic acids is 3. The molecule has 2 amide bonds. The summed E-state index contributed by atoms with van der Waals surface area (Å²) in [4.78, 5) is 36.0. The normalized spacial score (nSPS) is 10.3. The molecule has 0 atom stereocenters. The Morgan fingerprint density at radius 3 is 2.14 bits per heavy atom. The van der Waals surface area contributed by atoms with E-state index >= 15 is 0 Å². The Labute approximate surface area is 214 Å². The molecule has 0 heterocycles. The van der Waals surface area contributed by atoms with Gasteiger partial charge in [-0.2, -0.15) is 0 Å². The minimum atomic E-state index is -0.798. The molecule has 3 aromatic rings. The number of nitrogens with one attached hydrogen (secondary N) is 2. The lowest BCUT2D eigenvalue weighted by atomic mass is 10.1. The van der Waals surface area contributed by atoms with Crippen LogP contribution in [-0.4, -0.2) is 31.2 Å². The van der Waals surface area contributed by atoms with Crippen molar-refractivity contribution in [3.63, 3.8) is 0 Å². The van der Waals surface area contributed by atoms with Gasteiger partial charge in [0.25, 0.3) is 11.8 Å². The molecule has 3 aromatic carbocycles. The lowest BCUT2D eigenvalue weighted by molar-refractivity contribution is -0.118. The predicted octanol–water partition coefficient (Wildman–Crippen LogP) is 5.44. The zero-order valence-electron chi connectivity index (χ0n) is 20.2. The van der Waals surface area contributed by atoms with Crippen LogP contribution in [0.15, 0.2) is 60.7 Å². The summed E-state index contributed by atoms with van der Waals surface area (Å²) in [5.74, 6) is 0.291. The maximum Gasteiger partial charge on any atom is 0.513 e. The smallest absolute Gasteiger partial charge is 0.484 e. The van der Waals surface area contributed by atoms with Crippen LogP contribution in [0.2, 0.25) is 5.02 Å². The molecule has 0 aliphatic rings. The van der Waals surface area contributed by atoms with Crippen LogP contribution in [0, 0.1) is 13.8 Å². The first-order chi connectivity index (χ1) is 17.2. The van der Waals surface area contributed by atoms with Gasteiger partial charge in [-0.25, -0.2) is 4.79 Å². The molecule has 8 nitrogen and oxygen atoms in total. The van der Waals surface area contributed by atoms with Gasteiger partial charge in [-0.1, -0.05) is 23.7 Å². The van der Waals surface area contributed by atoms with Crippen molar-refractivity contribution in [1.29, 1.82) is 0 Å². The van der Waals surface area contributed by atoms with Gasteiger partial charge in [-0.05, 0) is 86.0 Å². The van der Waals surface area contributed by atoms with Gasteiger partial charge in [0, 0.05) is 22.8 Å². The third kappa shape index (κ3) is 7.74. The number of hydrogen-bond acceptors (Lipinski definition) is 6. The maximum absolute atomic E-state index is 12.4. The maximum atomic E-state index is 12.4. The standard InChI is InChI=1S/C27H27ClN2O6/c1-4-34-27(33)36-22-11-7-20(8-12-22)26(32)29-15-19-5-9-21(10-6-19)30-24(31)16-35-23-13-17(2)25(28)18(3)14-23/h5-14H,4,15-16H2,1-3H3,(H,29,32)(H,30,31). The fraction of sp³-hybridized carbons (Fsp3) is 0.222. The number of rotatable bonds is 9. The van der Waals surface area contributed by atoms with Crippen LogP contribution in [0.5, 0.6) is 11.5 Å². The number of aryl methyl sites for hydroxylation is 2. The van der Waals surface area contributed by atoms with Crippen molar-refractivity contribution in [2.24, 2.45) is 0 Å². The number of halogens is 1. The topological polar surface area (TPSA) is 103 Å². The molecule has 0 aliphatic carbocycles. The van der Waals surface area contributed by atoms with Crippen LogP contribution in [0.25, 0.3) is 0 Å². The molecule has 9 heteroatoms. The Kier molecular flexibility index (Phi) is 9.30. The highest BCUT2D eigenvalue weighted by Gasteiger charge is 2.10. The average Bonchev–Trinajstić information content (AvgIpc) is 2.86. The van der Waals surface area contributed by atoms with E-state index in [2.05, 4.69) is 10.6 Å². The van der Waals surface area contributed by atoms with Crippen LogP contribution in [0.4, 0.5) is 10.5 Å². The van der Waals surface area contributed by atoms with Gasteiger partial charge in [-0.15, -0.1) is 0 Å². The summed E-state index contributed by atoms with van der Waals surface area (Å²) in [6.07, 6.45) is -0.798. The zero-order valence-corrected chi connectivity index (χ0v) is 21.0. The van der Waals surface area contributed by atoms with E-state index in [1.807, 2.05) is 13.8 Å². The molecule has 0 aliphatic heterocycles. The largest absolute Gasteiger partial charge is 0.513 e. The second kappa shape index (κ2) is 12.6. The molecule has 3 rings (SSSR count). The molecule has 0 spiro atoms. The van der Waals surface area contributed by atoms with Crippen molar-refractivity contribution in [2.45, 2.75) is 27.3 Å². The van der Waals surface area contributed by atoms with Gasteiger partial charge in [0.05, 0.1) is 6.61 Å². The Morgan fingerprint density at radius 1 is 0.889 bits per heavy atom. The Morgan fingerprint density at radius 2 is 1.53 bits per heavy atom. The summed E-state index contributed by atoms with van der Waals surface area (Å²) < 4.78 is 15.3. The van der Waals surface area contributed by atoms with Crippen molar-refractivity contribution in [2.75, 3.05) is 18.5 Å². The van der Waals surface area contributed by atoms with Crippen LogP contribution >= 0.6 is 11.6 Å². The molecule has 0 aromatic heterocycles. The Hall–Kier alpha value is -4.04. The summed E-state index contributed by atoms with van der Waals surface area (Å²) >= 11 is 6.16. The van der Waals surface area contributed by atoms with E-state index in [0.717, 1.165) is 16.7 Å². The number of anilines is 1. The summed E-state index contributed by atoms with van der Waals surface area (Å²) in [6, 6.07) is 16.8. The van der Waals surface area contributed by atoms with E-state index in [0.29, 0.717) is 28.6 Å². The first kappa shape index (κ1) is 26.6. The SMILES string of the molecule is CCOC(=O)Oc1ccc(C(=O)NCc2ccc(NC(=O)COc3cc(C)c(Cl)c(C)c3)cc2)cc1. The van der Waals surface area contributed by atoms with Gasteiger partial charge >= 0.3 is 6.16 Å². The molecule has 36 heavy (non-hydrogen) atoms. The number of ether oxygens (including phenoxy) is 3.